The van der Waals surface area contributed by atoms with Crippen LogP contribution < -0.4 is 5.32 Å². The van der Waals surface area contributed by atoms with Gasteiger partial charge in [-0.05, 0) is 52.1 Å². The summed E-state index contributed by atoms with van der Waals surface area (Å²) in [5, 5.41) is 3.24. The van der Waals surface area contributed by atoms with E-state index in [1.54, 1.807) is 0 Å². The highest BCUT2D eigenvalue weighted by Crippen LogP contribution is 2.33. The van der Waals surface area contributed by atoms with Crippen LogP contribution in [-0.4, -0.2) is 26.3 Å². The van der Waals surface area contributed by atoms with Crippen molar-refractivity contribution in [2.75, 3.05) is 20.7 Å². The Bertz CT molecular complexity index is 128. The topological polar surface area (TPSA) is 21.3 Å². The third kappa shape index (κ3) is 2.46. The van der Waals surface area contributed by atoms with E-state index in [1.165, 1.54) is 32.2 Å². The maximum atomic E-state index is 5.48. The lowest BCUT2D eigenvalue weighted by Crippen LogP contribution is -2.35. The number of nitrogens with one attached hydrogen (secondary N) is 1. The summed E-state index contributed by atoms with van der Waals surface area (Å²) in [7, 11) is 3.86. The fourth-order valence-electron chi connectivity index (χ4n) is 1.99. The van der Waals surface area contributed by atoms with Crippen molar-refractivity contribution in [2.24, 2.45) is 5.92 Å². The van der Waals surface area contributed by atoms with E-state index >= 15 is 0 Å². The molecule has 2 nitrogen and oxygen atoms in total. The minimum absolute atomic E-state index is 0.171. The van der Waals surface area contributed by atoms with Gasteiger partial charge in [0.15, 0.2) is 0 Å². The van der Waals surface area contributed by atoms with Gasteiger partial charge in [0.2, 0.25) is 0 Å². The summed E-state index contributed by atoms with van der Waals surface area (Å²) in [6, 6.07) is 0. The van der Waals surface area contributed by atoms with Crippen molar-refractivity contribution >= 4 is 0 Å². The Labute approximate surface area is 75.7 Å². The smallest absolute Gasteiger partial charge is 0.0651 e. The van der Waals surface area contributed by atoms with Crippen molar-refractivity contribution in [2.45, 2.75) is 38.2 Å². The average Bonchev–Trinajstić information content (AvgIpc) is 2.10. The van der Waals surface area contributed by atoms with Crippen LogP contribution in [-0.2, 0) is 4.74 Å². The summed E-state index contributed by atoms with van der Waals surface area (Å²) in [5.41, 5.74) is 0.171. The molecule has 0 aromatic heterocycles. The van der Waals surface area contributed by atoms with Gasteiger partial charge >= 0.3 is 0 Å². The highest BCUT2D eigenvalue weighted by atomic mass is 16.5. The second kappa shape index (κ2) is 4.24. The van der Waals surface area contributed by atoms with Gasteiger partial charge < -0.3 is 10.1 Å². The van der Waals surface area contributed by atoms with Gasteiger partial charge in [0, 0.05) is 7.11 Å². The van der Waals surface area contributed by atoms with Crippen molar-refractivity contribution in [3.05, 3.63) is 0 Å². The van der Waals surface area contributed by atoms with Crippen molar-refractivity contribution in [3.8, 4) is 0 Å². The largest absolute Gasteiger partial charge is 0.379 e. The molecule has 0 saturated heterocycles. The molecule has 0 aromatic rings. The molecule has 1 aliphatic carbocycles. The molecule has 12 heavy (non-hydrogen) atoms. The molecule has 0 bridgehead atoms. The molecular formula is C10H21NO. The zero-order chi connectivity index (χ0) is 9.03. The zero-order valence-electron chi connectivity index (χ0n) is 8.52. The summed E-state index contributed by atoms with van der Waals surface area (Å²) in [6.45, 7) is 3.39. The molecule has 0 unspecified atom stereocenters. The Morgan fingerprint density at radius 2 is 2.00 bits per heavy atom. The fourth-order valence-corrected chi connectivity index (χ4v) is 1.99. The van der Waals surface area contributed by atoms with Crippen LogP contribution in [0, 0.1) is 5.92 Å². The summed E-state index contributed by atoms with van der Waals surface area (Å²) in [4.78, 5) is 0. The first-order chi connectivity index (χ1) is 5.70. The molecule has 0 aliphatic heterocycles. The molecule has 1 saturated carbocycles. The van der Waals surface area contributed by atoms with E-state index < -0.39 is 0 Å². The Balaban J connectivity index is 2.29. The molecule has 1 N–H and O–H groups in total. The molecule has 0 heterocycles. The molecule has 0 spiro atoms. The highest BCUT2D eigenvalue weighted by Gasteiger charge is 2.30. The SMILES string of the molecule is CNCC1CCC(C)(OC)CC1. The van der Waals surface area contributed by atoms with Crippen LogP contribution in [0.2, 0.25) is 0 Å². The van der Waals surface area contributed by atoms with Crippen molar-refractivity contribution in [1.82, 2.24) is 5.32 Å². The Morgan fingerprint density at radius 1 is 1.42 bits per heavy atom. The van der Waals surface area contributed by atoms with E-state index in [0.29, 0.717) is 0 Å². The van der Waals surface area contributed by atoms with Crippen LogP contribution >= 0.6 is 0 Å². The highest BCUT2D eigenvalue weighted by molar-refractivity contribution is 4.83. The van der Waals surface area contributed by atoms with E-state index in [2.05, 4.69) is 12.2 Å². The average molecular weight is 171 g/mol. The number of methoxy groups -OCH3 is 1. The van der Waals surface area contributed by atoms with Crippen LogP contribution in [0.5, 0.6) is 0 Å². The van der Waals surface area contributed by atoms with Crippen molar-refractivity contribution in [1.29, 1.82) is 0 Å². The van der Waals surface area contributed by atoms with Gasteiger partial charge in [-0.3, -0.25) is 0 Å². The predicted octanol–water partition coefficient (Wildman–Crippen LogP) is 1.80. The lowest BCUT2D eigenvalue weighted by Gasteiger charge is -2.36. The van der Waals surface area contributed by atoms with E-state index in [-0.39, 0.29) is 5.60 Å². The second-order valence-electron chi connectivity index (χ2n) is 4.16. The molecule has 0 aromatic carbocycles. The molecule has 72 valence electrons. The first kappa shape index (κ1) is 10.0. The van der Waals surface area contributed by atoms with Gasteiger partial charge in [0.25, 0.3) is 0 Å². The quantitative estimate of drug-likeness (QED) is 0.699. The minimum Gasteiger partial charge on any atom is -0.379 e. The van der Waals surface area contributed by atoms with Crippen LogP contribution in [0.1, 0.15) is 32.6 Å². The third-order valence-electron chi connectivity index (χ3n) is 3.15. The first-order valence-corrected chi connectivity index (χ1v) is 4.90. The van der Waals surface area contributed by atoms with E-state index in [4.69, 9.17) is 4.74 Å². The fraction of sp³-hybridized carbons (Fsp3) is 1.00. The number of ether oxygens (including phenoxy) is 1. The summed E-state index contributed by atoms with van der Waals surface area (Å²) < 4.78 is 5.48. The van der Waals surface area contributed by atoms with Crippen molar-refractivity contribution in [3.63, 3.8) is 0 Å². The minimum atomic E-state index is 0.171. The molecule has 2 heteroatoms. The van der Waals surface area contributed by atoms with Crippen molar-refractivity contribution < 1.29 is 4.74 Å². The summed E-state index contributed by atoms with van der Waals surface area (Å²) >= 11 is 0. The van der Waals surface area contributed by atoms with E-state index in [1.807, 2.05) is 14.2 Å². The maximum Gasteiger partial charge on any atom is 0.0651 e. The lowest BCUT2D eigenvalue weighted by molar-refractivity contribution is -0.0334. The van der Waals surface area contributed by atoms with Gasteiger partial charge in [0.05, 0.1) is 5.60 Å². The number of hydrogen-bond acceptors (Lipinski definition) is 2. The van der Waals surface area contributed by atoms with Crippen LogP contribution in [0.15, 0.2) is 0 Å². The first-order valence-electron chi connectivity index (χ1n) is 4.90. The van der Waals surface area contributed by atoms with Crippen LogP contribution in [0.25, 0.3) is 0 Å². The number of rotatable bonds is 3. The van der Waals surface area contributed by atoms with Gasteiger partial charge in [-0.25, -0.2) is 0 Å². The summed E-state index contributed by atoms with van der Waals surface area (Å²) in [5.74, 6) is 0.873. The molecule has 1 rings (SSSR count). The van der Waals surface area contributed by atoms with Gasteiger partial charge in [0.1, 0.15) is 0 Å². The van der Waals surface area contributed by atoms with Gasteiger partial charge in [-0.1, -0.05) is 0 Å². The standard InChI is InChI=1S/C10H21NO/c1-10(12-3)6-4-9(5-7-10)8-11-2/h9,11H,4-8H2,1-3H3. The lowest BCUT2D eigenvalue weighted by atomic mass is 9.80. The normalized spacial score (nSPS) is 36.8. The predicted molar refractivity (Wildman–Crippen MR) is 51.3 cm³/mol. The molecular weight excluding hydrogens is 150 g/mol. The Kier molecular flexibility index (Phi) is 3.53. The van der Waals surface area contributed by atoms with Gasteiger partial charge in [-0.15, -0.1) is 0 Å². The summed E-state index contributed by atoms with van der Waals surface area (Å²) in [6.07, 6.45) is 5.06. The zero-order valence-corrected chi connectivity index (χ0v) is 8.52. The molecule has 0 radical (unpaired) electrons. The maximum absolute atomic E-state index is 5.48. The molecule has 0 atom stereocenters. The van der Waals surface area contributed by atoms with Crippen LogP contribution in [0.3, 0.4) is 0 Å². The van der Waals surface area contributed by atoms with E-state index in [0.717, 1.165) is 5.92 Å². The molecule has 1 fully saturated rings. The number of hydrogen-bond donors (Lipinski definition) is 1. The Hall–Kier alpha value is -0.0800. The Morgan fingerprint density at radius 3 is 2.42 bits per heavy atom. The second-order valence-corrected chi connectivity index (χ2v) is 4.16. The molecule has 1 aliphatic rings. The third-order valence-corrected chi connectivity index (χ3v) is 3.15. The molecule has 0 amide bonds. The van der Waals surface area contributed by atoms with E-state index in [9.17, 15) is 0 Å². The van der Waals surface area contributed by atoms with Gasteiger partial charge in [-0.2, -0.15) is 0 Å². The monoisotopic (exact) mass is 171 g/mol. The van der Waals surface area contributed by atoms with Crippen LogP contribution in [0.4, 0.5) is 0 Å².